The number of alkyl halides is 3. The van der Waals surface area contributed by atoms with Gasteiger partial charge in [-0.2, -0.15) is 23.5 Å². The Morgan fingerprint density at radius 2 is 2.14 bits per heavy atom. The number of hydrogen-bond donors (Lipinski definition) is 1. The van der Waals surface area contributed by atoms with Crippen LogP contribution in [0, 0.1) is 21.4 Å². The van der Waals surface area contributed by atoms with Crippen molar-refractivity contribution in [2.24, 2.45) is 5.10 Å². The molecule has 0 fully saturated rings. The summed E-state index contributed by atoms with van der Waals surface area (Å²) in [5.74, 6) is -1.11. The topological polar surface area (TPSA) is 118 Å². The second-order valence-corrected chi connectivity index (χ2v) is 3.66. The zero-order chi connectivity index (χ0) is 16.9. The Labute approximate surface area is 120 Å². The van der Waals surface area contributed by atoms with Crippen LogP contribution in [-0.2, 0) is 15.7 Å². The van der Waals surface area contributed by atoms with Crippen LogP contribution < -0.4 is 5.43 Å². The number of hydrazone groups is 1. The molecule has 1 N–H and O–H groups in total. The fourth-order valence-electron chi connectivity index (χ4n) is 1.28. The number of rotatable bonds is 4. The van der Waals surface area contributed by atoms with Gasteiger partial charge >= 0.3 is 12.1 Å². The number of halogens is 3. The zero-order valence-electron chi connectivity index (χ0n) is 10.8. The lowest BCUT2D eigenvalue weighted by molar-refractivity contribution is -0.384. The highest BCUT2D eigenvalue weighted by Crippen LogP contribution is 2.34. The third kappa shape index (κ3) is 3.92. The summed E-state index contributed by atoms with van der Waals surface area (Å²) in [6, 6.07) is 3.03. The monoisotopic (exact) mass is 316 g/mol. The first-order chi connectivity index (χ1) is 10.2. The van der Waals surface area contributed by atoms with Crippen molar-refractivity contribution in [1.29, 1.82) is 5.26 Å². The molecule has 0 aliphatic rings. The number of nitrogens with one attached hydrogen (secondary N) is 1. The molecule has 0 atom stereocenters. The van der Waals surface area contributed by atoms with Crippen molar-refractivity contribution >= 4 is 23.1 Å². The minimum Gasteiger partial charge on any atom is -0.464 e. The maximum Gasteiger partial charge on any atom is 0.416 e. The van der Waals surface area contributed by atoms with E-state index < -0.39 is 39.7 Å². The van der Waals surface area contributed by atoms with E-state index in [1.54, 1.807) is 0 Å². The normalized spacial score (nSPS) is 11.5. The van der Waals surface area contributed by atoms with E-state index in [-0.39, 0.29) is 0 Å². The van der Waals surface area contributed by atoms with Crippen molar-refractivity contribution in [3.8, 4) is 6.07 Å². The highest BCUT2D eigenvalue weighted by molar-refractivity contribution is 6.43. The fraction of sp³-hybridized carbons (Fsp3) is 0.182. The van der Waals surface area contributed by atoms with E-state index in [4.69, 9.17) is 5.26 Å². The predicted molar refractivity (Wildman–Crippen MR) is 66.8 cm³/mol. The number of methoxy groups -OCH3 is 1. The molecule has 0 bridgehead atoms. The van der Waals surface area contributed by atoms with Gasteiger partial charge in [-0.1, -0.05) is 0 Å². The fourth-order valence-corrected chi connectivity index (χ4v) is 1.28. The molecule has 8 nitrogen and oxygen atoms in total. The Kier molecular flexibility index (Phi) is 5.01. The molecule has 1 rings (SSSR count). The van der Waals surface area contributed by atoms with Gasteiger partial charge < -0.3 is 4.74 Å². The van der Waals surface area contributed by atoms with Gasteiger partial charge in [0.05, 0.1) is 17.6 Å². The molecule has 0 aliphatic carbocycles. The summed E-state index contributed by atoms with van der Waals surface area (Å²) in [7, 11) is 0.982. The molecule has 0 spiro atoms. The van der Waals surface area contributed by atoms with Crippen LogP contribution in [0.25, 0.3) is 0 Å². The number of esters is 1. The second-order valence-electron chi connectivity index (χ2n) is 3.66. The lowest BCUT2D eigenvalue weighted by Crippen LogP contribution is -2.15. The van der Waals surface area contributed by atoms with E-state index in [2.05, 4.69) is 9.84 Å². The molecule has 11 heteroatoms. The smallest absolute Gasteiger partial charge is 0.416 e. The summed E-state index contributed by atoms with van der Waals surface area (Å²) in [6.45, 7) is 0. The van der Waals surface area contributed by atoms with Gasteiger partial charge in [0.25, 0.3) is 5.69 Å². The number of nitriles is 1. The number of nitro benzene ring substituents is 1. The predicted octanol–water partition coefficient (Wildman–Crippen LogP) is 2.08. The first kappa shape index (κ1) is 16.9. The van der Waals surface area contributed by atoms with Crippen molar-refractivity contribution in [2.75, 3.05) is 12.5 Å². The summed E-state index contributed by atoms with van der Waals surface area (Å²) in [5, 5.41) is 22.7. The van der Waals surface area contributed by atoms with Gasteiger partial charge in [0.2, 0.25) is 5.71 Å². The SMILES string of the molecule is COC(=O)C(C#N)=NNc1ccc(C(F)(F)F)cc1[N+](=O)[O-]. The van der Waals surface area contributed by atoms with Gasteiger partial charge in [-0.25, -0.2) is 4.79 Å². The molecular formula is C11H7F3N4O4. The maximum atomic E-state index is 12.5. The molecule has 0 aromatic heterocycles. The van der Waals surface area contributed by atoms with Crippen LogP contribution >= 0.6 is 0 Å². The van der Waals surface area contributed by atoms with E-state index in [1.807, 2.05) is 5.43 Å². The van der Waals surface area contributed by atoms with Crippen molar-refractivity contribution in [3.05, 3.63) is 33.9 Å². The van der Waals surface area contributed by atoms with Crippen LogP contribution in [0.1, 0.15) is 5.56 Å². The minimum absolute atomic E-state index is 0.308. The van der Waals surface area contributed by atoms with Crippen LogP contribution in [-0.4, -0.2) is 23.7 Å². The second kappa shape index (κ2) is 6.53. The number of anilines is 1. The Morgan fingerprint density at radius 1 is 1.50 bits per heavy atom. The van der Waals surface area contributed by atoms with Crippen molar-refractivity contribution in [2.45, 2.75) is 6.18 Å². The number of carbonyl (C=O) groups is 1. The number of ether oxygens (including phenoxy) is 1. The molecule has 0 saturated heterocycles. The lowest BCUT2D eigenvalue weighted by atomic mass is 10.1. The van der Waals surface area contributed by atoms with Crippen LogP contribution in [0.2, 0.25) is 0 Å². The van der Waals surface area contributed by atoms with Crippen LogP contribution in [0.15, 0.2) is 23.3 Å². The van der Waals surface area contributed by atoms with Gasteiger partial charge in [0.15, 0.2) is 0 Å². The number of hydrogen-bond acceptors (Lipinski definition) is 7. The molecule has 0 radical (unpaired) electrons. The molecule has 0 heterocycles. The summed E-state index contributed by atoms with van der Waals surface area (Å²) < 4.78 is 41.7. The van der Waals surface area contributed by atoms with Gasteiger partial charge in [0.1, 0.15) is 11.8 Å². The van der Waals surface area contributed by atoms with E-state index in [0.717, 1.165) is 13.2 Å². The van der Waals surface area contributed by atoms with Crippen LogP contribution in [0.3, 0.4) is 0 Å². The van der Waals surface area contributed by atoms with E-state index in [9.17, 15) is 28.1 Å². The first-order valence-electron chi connectivity index (χ1n) is 5.38. The van der Waals surface area contributed by atoms with Gasteiger partial charge in [-0.05, 0) is 12.1 Å². The number of benzene rings is 1. The van der Waals surface area contributed by atoms with E-state index in [0.29, 0.717) is 12.1 Å². The Bertz CT molecular complexity index is 679. The third-order valence-electron chi connectivity index (χ3n) is 2.29. The maximum absolute atomic E-state index is 12.5. The van der Waals surface area contributed by atoms with Crippen molar-refractivity contribution < 1.29 is 27.6 Å². The lowest BCUT2D eigenvalue weighted by Gasteiger charge is -2.08. The van der Waals surface area contributed by atoms with Crippen LogP contribution in [0.4, 0.5) is 24.5 Å². The molecule has 22 heavy (non-hydrogen) atoms. The molecule has 0 unspecified atom stereocenters. The largest absolute Gasteiger partial charge is 0.464 e. The number of nitro groups is 1. The Balaban J connectivity index is 3.21. The van der Waals surface area contributed by atoms with E-state index >= 15 is 0 Å². The molecule has 0 aliphatic heterocycles. The quantitative estimate of drug-likeness (QED) is 0.393. The van der Waals surface area contributed by atoms with Gasteiger partial charge in [-0.3, -0.25) is 15.5 Å². The van der Waals surface area contributed by atoms with Gasteiger partial charge in [-0.15, -0.1) is 0 Å². The van der Waals surface area contributed by atoms with Crippen molar-refractivity contribution in [3.63, 3.8) is 0 Å². The average Bonchev–Trinajstić information content (AvgIpc) is 2.46. The number of nitrogens with zero attached hydrogens (tertiary/aromatic N) is 3. The molecular weight excluding hydrogens is 309 g/mol. The average molecular weight is 316 g/mol. The van der Waals surface area contributed by atoms with Gasteiger partial charge in [0, 0.05) is 6.07 Å². The number of carbonyl (C=O) groups excluding carboxylic acids is 1. The standard InChI is InChI=1S/C11H7F3N4O4/c1-22-10(19)8(5-15)17-16-7-3-2-6(11(12,13)14)4-9(7)18(20)21/h2-4,16H,1H3. The zero-order valence-corrected chi connectivity index (χ0v) is 10.8. The highest BCUT2D eigenvalue weighted by Gasteiger charge is 2.33. The summed E-state index contributed by atoms with van der Waals surface area (Å²) in [5.41, 5.74) is -1.32. The first-order valence-corrected chi connectivity index (χ1v) is 5.38. The van der Waals surface area contributed by atoms with Crippen LogP contribution in [0.5, 0.6) is 0 Å². The molecule has 1 aromatic carbocycles. The molecule has 116 valence electrons. The van der Waals surface area contributed by atoms with Crippen molar-refractivity contribution in [1.82, 2.24) is 0 Å². The molecule has 0 saturated carbocycles. The highest BCUT2D eigenvalue weighted by atomic mass is 19.4. The summed E-state index contributed by atoms with van der Waals surface area (Å²) >= 11 is 0. The molecule has 0 amide bonds. The molecule has 1 aromatic rings. The summed E-state index contributed by atoms with van der Waals surface area (Å²) in [6.07, 6.45) is -4.75. The third-order valence-corrected chi connectivity index (χ3v) is 2.29. The summed E-state index contributed by atoms with van der Waals surface area (Å²) in [4.78, 5) is 20.8. The Morgan fingerprint density at radius 3 is 2.59 bits per heavy atom. The Hall–Kier alpha value is -3.16. The minimum atomic E-state index is -4.75. The van der Waals surface area contributed by atoms with E-state index in [1.165, 1.54) is 6.07 Å².